The molecule has 3 rings (SSSR count). The summed E-state index contributed by atoms with van der Waals surface area (Å²) in [6.07, 6.45) is 4.77. The number of esters is 1. The number of hydrogen-bond acceptors (Lipinski definition) is 7. The number of methoxy groups -OCH3 is 1. The van der Waals surface area contributed by atoms with Gasteiger partial charge in [0.25, 0.3) is 0 Å². The van der Waals surface area contributed by atoms with E-state index in [0.717, 1.165) is 51.9 Å². The molecule has 0 aromatic heterocycles. The van der Waals surface area contributed by atoms with Gasteiger partial charge in [0.1, 0.15) is 6.04 Å². The van der Waals surface area contributed by atoms with Gasteiger partial charge in [-0.2, -0.15) is 0 Å². The van der Waals surface area contributed by atoms with E-state index in [1.54, 1.807) is 0 Å². The lowest BCUT2D eigenvalue weighted by molar-refractivity contribution is -0.148. The Labute approximate surface area is 149 Å². The third-order valence-corrected chi connectivity index (χ3v) is 5.83. The Morgan fingerprint density at radius 1 is 1.16 bits per heavy atom. The van der Waals surface area contributed by atoms with Gasteiger partial charge in [0.05, 0.1) is 19.2 Å². The average Bonchev–Trinajstić information content (AvgIpc) is 3.17. The van der Waals surface area contributed by atoms with Crippen LogP contribution in [0.15, 0.2) is 0 Å². The lowest BCUT2D eigenvalue weighted by Gasteiger charge is -2.38. The second-order valence-electron chi connectivity index (χ2n) is 7.48. The van der Waals surface area contributed by atoms with Crippen molar-refractivity contribution in [2.24, 2.45) is 11.8 Å². The van der Waals surface area contributed by atoms with Crippen LogP contribution >= 0.6 is 0 Å². The minimum Gasteiger partial charge on any atom is -0.469 e. The molecule has 25 heavy (non-hydrogen) atoms. The van der Waals surface area contributed by atoms with Crippen molar-refractivity contribution in [1.82, 2.24) is 26.4 Å². The predicted octanol–water partition coefficient (Wildman–Crippen LogP) is -0.474. The minimum absolute atomic E-state index is 0.0295. The molecule has 5 atom stereocenters. The van der Waals surface area contributed by atoms with E-state index in [1.807, 2.05) is 0 Å². The summed E-state index contributed by atoms with van der Waals surface area (Å²) in [4.78, 5) is 27.1. The van der Waals surface area contributed by atoms with Crippen molar-refractivity contribution in [3.05, 3.63) is 0 Å². The van der Waals surface area contributed by atoms with Crippen LogP contribution in [0.5, 0.6) is 0 Å². The molecule has 2 aliphatic heterocycles. The molecule has 2 heterocycles. The zero-order valence-corrected chi connectivity index (χ0v) is 15.2. The van der Waals surface area contributed by atoms with Gasteiger partial charge in [0, 0.05) is 25.8 Å². The third-order valence-electron chi connectivity index (χ3n) is 5.83. The molecule has 3 fully saturated rings. The first kappa shape index (κ1) is 18.6. The summed E-state index contributed by atoms with van der Waals surface area (Å²) in [5.41, 5.74) is 6.43. The molecule has 8 nitrogen and oxygen atoms in total. The standard InChI is InChI=1S/C17H31N5O3/c1-11-4-3-5-12(17(24)25-2)15(11)19-16(23)13-6-7-14(21-20-13)22-9-8-18-10-22/h11-15,18,20-21H,3-10H2,1-2H3,(H,19,23). The van der Waals surface area contributed by atoms with Gasteiger partial charge in [-0.1, -0.05) is 13.3 Å². The van der Waals surface area contributed by atoms with Crippen LogP contribution in [0, 0.1) is 11.8 Å². The first-order valence-corrected chi connectivity index (χ1v) is 9.44. The molecule has 0 bridgehead atoms. The SMILES string of the molecule is COC(=O)C1CCCC(C)C1NC(=O)C1CCC(N2CCNC2)NN1. The minimum atomic E-state index is -0.265. The normalized spacial score (nSPS) is 36.8. The quantitative estimate of drug-likeness (QED) is 0.508. The number of amides is 1. The predicted molar refractivity (Wildman–Crippen MR) is 93.1 cm³/mol. The maximum Gasteiger partial charge on any atom is 0.310 e. The second kappa shape index (κ2) is 8.44. The van der Waals surface area contributed by atoms with E-state index in [2.05, 4.69) is 33.3 Å². The van der Waals surface area contributed by atoms with Gasteiger partial charge in [0.2, 0.25) is 5.91 Å². The van der Waals surface area contributed by atoms with Crippen LogP contribution in [0.3, 0.4) is 0 Å². The molecule has 0 aromatic rings. The van der Waals surface area contributed by atoms with Gasteiger partial charge >= 0.3 is 5.97 Å². The number of nitrogens with zero attached hydrogens (tertiary/aromatic N) is 1. The molecule has 0 aromatic carbocycles. The average molecular weight is 353 g/mol. The Balaban J connectivity index is 1.53. The fourth-order valence-corrected chi connectivity index (χ4v) is 4.27. The lowest BCUT2D eigenvalue weighted by Crippen LogP contribution is -2.63. The molecular weight excluding hydrogens is 322 g/mol. The maximum absolute atomic E-state index is 12.7. The van der Waals surface area contributed by atoms with Crippen molar-refractivity contribution in [2.75, 3.05) is 26.9 Å². The summed E-state index contributed by atoms with van der Waals surface area (Å²) < 4.78 is 4.94. The summed E-state index contributed by atoms with van der Waals surface area (Å²) in [7, 11) is 1.42. The van der Waals surface area contributed by atoms with E-state index in [1.165, 1.54) is 7.11 Å². The van der Waals surface area contributed by atoms with Gasteiger partial charge in [-0.05, 0) is 31.6 Å². The first-order valence-electron chi connectivity index (χ1n) is 9.44. The zero-order chi connectivity index (χ0) is 17.8. The number of nitrogens with one attached hydrogen (secondary N) is 4. The summed E-state index contributed by atoms with van der Waals surface area (Å²) >= 11 is 0. The summed E-state index contributed by atoms with van der Waals surface area (Å²) in [5.74, 6) is -0.203. The van der Waals surface area contributed by atoms with Crippen molar-refractivity contribution >= 4 is 11.9 Å². The van der Waals surface area contributed by atoms with Crippen LogP contribution in [0.25, 0.3) is 0 Å². The third kappa shape index (κ3) is 4.31. The number of ether oxygens (including phenoxy) is 1. The Morgan fingerprint density at radius 2 is 2.00 bits per heavy atom. The van der Waals surface area contributed by atoms with Gasteiger partial charge in [-0.3, -0.25) is 14.5 Å². The number of hydrazine groups is 1. The fourth-order valence-electron chi connectivity index (χ4n) is 4.27. The van der Waals surface area contributed by atoms with Crippen molar-refractivity contribution in [3.63, 3.8) is 0 Å². The highest BCUT2D eigenvalue weighted by atomic mass is 16.5. The molecule has 8 heteroatoms. The highest BCUT2D eigenvalue weighted by molar-refractivity contribution is 5.83. The zero-order valence-electron chi connectivity index (χ0n) is 15.2. The largest absolute Gasteiger partial charge is 0.469 e. The van der Waals surface area contributed by atoms with Crippen molar-refractivity contribution in [3.8, 4) is 0 Å². The summed E-state index contributed by atoms with van der Waals surface area (Å²) in [5, 5.41) is 6.44. The summed E-state index contributed by atoms with van der Waals surface area (Å²) in [6, 6.07) is -0.407. The number of carbonyl (C=O) groups excluding carboxylic acids is 2. The molecule has 3 aliphatic rings. The van der Waals surface area contributed by atoms with Gasteiger partial charge in [0.15, 0.2) is 0 Å². The molecule has 142 valence electrons. The van der Waals surface area contributed by atoms with E-state index in [0.29, 0.717) is 0 Å². The molecular formula is C17H31N5O3. The number of hydrogen-bond donors (Lipinski definition) is 4. The van der Waals surface area contributed by atoms with E-state index in [9.17, 15) is 9.59 Å². The van der Waals surface area contributed by atoms with E-state index in [4.69, 9.17) is 4.74 Å². The smallest absolute Gasteiger partial charge is 0.310 e. The molecule has 0 radical (unpaired) electrons. The topological polar surface area (TPSA) is 94.7 Å². The molecule has 4 N–H and O–H groups in total. The van der Waals surface area contributed by atoms with E-state index < -0.39 is 0 Å². The van der Waals surface area contributed by atoms with Gasteiger partial charge in [-0.15, -0.1) is 0 Å². The van der Waals surface area contributed by atoms with Crippen LogP contribution in [0.2, 0.25) is 0 Å². The van der Waals surface area contributed by atoms with Crippen LogP contribution in [-0.2, 0) is 14.3 Å². The van der Waals surface area contributed by atoms with Crippen LogP contribution in [-0.4, -0.2) is 61.9 Å². The van der Waals surface area contributed by atoms with Crippen LogP contribution in [0.4, 0.5) is 0 Å². The molecule has 1 saturated carbocycles. The number of carbonyl (C=O) groups is 2. The van der Waals surface area contributed by atoms with Gasteiger partial charge < -0.3 is 15.4 Å². The van der Waals surface area contributed by atoms with Gasteiger partial charge in [-0.25, -0.2) is 10.9 Å². The van der Waals surface area contributed by atoms with Crippen LogP contribution in [0.1, 0.15) is 39.0 Å². The number of rotatable bonds is 4. The monoisotopic (exact) mass is 353 g/mol. The van der Waals surface area contributed by atoms with Crippen molar-refractivity contribution in [1.29, 1.82) is 0 Å². The van der Waals surface area contributed by atoms with E-state index in [-0.39, 0.29) is 42.0 Å². The van der Waals surface area contributed by atoms with E-state index >= 15 is 0 Å². The Morgan fingerprint density at radius 3 is 2.64 bits per heavy atom. The maximum atomic E-state index is 12.7. The van der Waals surface area contributed by atoms with Crippen molar-refractivity contribution in [2.45, 2.75) is 57.3 Å². The molecule has 2 saturated heterocycles. The Bertz CT molecular complexity index is 475. The Kier molecular flexibility index (Phi) is 6.27. The summed E-state index contributed by atoms with van der Waals surface area (Å²) in [6.45, 7) is 5.02. The lowest BCUT2D eigenvalue weighted by atomic mass is 9.77. The molecule has 5 unspecified atom stereocenters. The first-order chi connectivity index (χ1) is 12.1. The fraction of sp³-hybridized carbons (Fsp3) is 0.882. The van der Waals surface area contributed by atoms with Crippen LogP contribution < -0.4 is 21.5 Å². The molecule has 1 aliphatic carbocycles. The highest BCUT2D eigenvalue weighted by Crippen LogP contribution is 2.30. The van der Waals surface area contributed by atoms with Crippen molar-refractivity contribution < 1.29 is 14.3 Å². The second-order valence-corrected chi connectivity index (χ2v) is 7.48. The molecule has 0 spiro atoms. The highest BCUT2D eigenvalue weighted by Gasteiger charge is 2.39. The molecule has 1 amide bonds. The Hall–Kier alpha value is -1.22.